The van der Waals surface area contributed by atoms with Crippen LogP contribution in [0.1, 0.15) is 12.5 Å². The Labute approximate surface area is 98.0 Å². The predicted molar refractivity (Wildman–Crippen MR) is 63.9 cm³/mol. The van der Waals surface area contributed by atoms with Gasteiger partial charge in [0.25, 0.3) is 5.69 Å². The molecular formula is C10H12ClNO2S. The number of rotatable bonds is 4. The Bertz CT molecular complexity index is 370. The van der Waals surface area contributed by atoms with E-state index in [4.69, 9.17) is 11.6 Å². The molecule has 0 heterocycles. The number of nitro groups is 1. The summed E-state index contributed by atoms with van der Waals surface area (Å²) < 4.78 is 0. The van der Waals surface area contributed by atoms with Crippen LogP contribution in [0.3, 0.4) is 0 Å². The minimum absolute atomic E-state index is 0.135. The van der Waals surface area contributed by atoms with Gasteiger partial charge in [-0.1, -0.05) is 6.92 Å². The van der Waals surface area contributed by atoms with Crippen molar-refractivity contribution in [3.63, 3.8) is 0 Å². The molecule has 1 aromatic carbocycles. The highest BCUT2D eigenvalue weighted by Gasteiger charge is 2.10. The van der Waals surface area contributed by atoms with Crippen molar-refractivity contribution < 1.29 is 4.92 Å². The number of benzene rings is 1. The van der Waals surface area contributed by atoms with Crippen LogP contribution in [0, 0.1) is 17.0 Å². The Morgan fingerprint density at radius 1 is 1.60 bits per heavy atom. The number of aryl methyl sites for hydroxylation is 1. The van der Waals surface area contributed by atoms with Crippen LogP contribution in [0.2, 0.25) is 0 Å². The molecule has 0 saturated carbocycles. The summed E-state index contributed by atoms with van der Waals surface area (Å²) in [5.41, 5.74) is 1.06. The fourth-order valence-electron chi connectivity index (χ4n) is 1.13. The molecule has 0 saturated heterocycles. The summed E-state index contributed by atoms with van der Waals surface area (Å²) in [5, 5.41) is 10.8. The zero-order valence-corrected chi connectivity index (χ0v) is 10.1. The fourth-order valence-corrected chi connectivity index (χ4v) is 2.20. The molecule has 0 radical (unpaired) electrons. The van der Waals surface area contributed by atoms with E-state index in [1.807, 2.05) is 13.8 Å². The van der Waals surface area contributed by atoms with Crippen LogP contribution >= 0.6 is 23.4 Å². The summed E-state index contributed by atoms with van der Waals surface area (Å²) in [6.45, 7) is 3.90. The topological polar surface area (TPSA) is 43.1 Å². The Hall–Kier alpha value is -0.740. The Kier molecular flexibility index (Phi) is 4.42. The van der Waals surface area contributed by atoms with Gasteiger partial charge >= 0.3 is 0 Å². The second kappa shape index (κ2) is 5.37. The van der Waals surface area contributed by atoms with Crippen LogP contribution in [0.25, 0.3) is 0 Å². The number of non-ortho nitro benzene ring substituents is 1. The van der Waals surface area contributed by atoms with Crippen LogP contribution in [-0.4, -0.2) is 16.1 Å². The maximum absolute atomic E-state index is 10.5. The van der Waals surface area contributed by atoms with Gasteiger partial charge in [0, 0.05) is 28.2 Å². The molecule has 0 N–H and O–H groups in total. The molecule has 1 aromatic rings. The first kappa shape index (κ1) is 12.3. The number of hydrogen-bond donors (Lipinski definition) is 0. The molecule has 0 aliphatic carbocycles. The number of hydrogen-bond acceptors (Lipinski definition) is 3. The van der Waals surface area contributed by atoms with Crippen molar-refractivity contribution in [2.24, 2.45) is 0 Å². The summed E-state index contributed by atoms with van der Waals surface area (Å²) in [5.74, 6) is 0.571. The summed E-state index contributed by atoms with van der Waals surface area (Å²) in [6, 6.07) is 4.89. The monoisotopic (exact) mass is 245 g/mol. The molecule has 0 aromatic heterocycles. The molecule has 0 amide bonds. The minimum Gasteiger partial charge on any atom is -0.258 e. The van der Waals surface area contributed by atoms with Gasteiger partial charge in [0.1, 0.15) is 0 Å². The first-order chi connectivity index (χ1) is 7.04. The highest BCUT2D eigenvalue weighted by atomic mass is 35.5. The molecule has 82 valence electrons. The lowest BCUT2D eigenvalue weighted by Crippen LogP contribution is -1.98. The van der Waals surface area contributed by atoms with Crippen molar-refractivity contribution in [2.75, 3.05) is 5.88 Å². The van der Waals surface area contributed by atoms with Crippen molar-refractivity contribution in [2.45, 2.75) is 24.0 Å². The smallest absolute Gasteiger partial charge is 0.258 e. The second-order valence-electron chi connectivity index (χ2n) is 3.29. The van der Waals surface area contributed by atoms with Gasteiger partial charge in [-0.15, -0.1) is 23.4 Å². The molecular weight excluding hydrogens is 234 g/mol. The van der Waals surface area contributed by atoms with Gasteiger partial charge in [0.2, 0.25) is 0 Å². The average molecular weight is 246 g/mol. The van der Waals surface area contributed by atoms with Crippen LogP contribution in [-0.2, 0) is 0 Å². The first-order valence-corrected chi connectivity index (χ1v) is 5.93. The van der Waals surface area contributed by atoms with Crippen LogP contribution in [0.5, 0.6) is 0 Å². The Morgan fingerprint density at radius 3 is 2.73 bits per heavy atom. The van der Waals surface area contributed by atoms with E-state index in [9.17, 15) is 10.1 Å². The van der Waals surface area contributed by atoms with E-state index in [1.54, 1.807) is 23.9 Å². The van der Waals surface area contributed by atoms with Gasteiger partial charge in [-0.25, -0.2) is 0 Å². The Morgan fingerprint density at radius 2 is 2.27 bits per heavy atom. The maximum atomic E-state index is 10.5. The highest BCUT2D eigenvalue weighted by molar-refractivity contribution is 8.00. The van der Waals surface area contributed by atoms with E-state index in [2.05, 4.69) is 0 Å². The number of thioether (sulfide) groups is 1. The van der Waals surface area contributed by atoms with Crippen molar-refractivity contribution in [3.05, 3.63) is 33.9 Å². The zero-order chi connectivity index (χ0) is 11.4. The third-order valence-electron chi connectivity index (χ3n) is 1.91. The Balaban J connectivity index is 2.88. The van der Waals surface area contributed by atoms with E-state index in [1.165, 1.54) is 6.07 Å². The SMILES string of the molecule is Cc1cc([N+](=O)[O-])ccc1SC(C)CCl. The van der Waals surface area contributed by atoms with Gasteiger partial charge in [0.05, 0.1) is 4.92 Å². The third-order valence-corrected chi connectivity index (χ3v) is 3.84. The minimum atomic E-state index is -0.383. The second-order valence-corrected chi connectivity index (χ2v) is 5.08. The molecule has 15 heavy (non-hydrogen) atoms. The largest absolute Gasteiger partial charge is 0.269 e. The fraction of sp³-hybridized carbons (Fsp3) is 0.400. The summed E-state index contributed by atoms with van der Waals surface area (Å²) in [6.07, 6.45) is 0. The zero-order valence-electron chi connectivity index (χ0n) is 8.57. The lowest BCUT2D eigenvalue weighted by Gasteiger charge is -2.09. The van der Waals surface area contributed by atoms with Gasteiger partial charge in [0.15, 0.2) is 0 Å². The van der Waals surface area contributed by atoms with Crippen molar-refractivity contribution >= 4 is 29.1 Å². The molecule has 0 spiro atoms. The van der Waals surface area contributed by atoms with Crippen molar-refractivity contribution in [3.8, 4) is 0 Å². The van der Waals surface area contributed by atoms with Gasteiger partial charge in [-0.2, -0.15) is 0 Å². The maximum Gasteiger partial charge on any atom is 0.269 e. The molecule has 1 atom stereocenters. The molecule has 1 rings (SSSR count). The average Bonchev–Trinajstić information content (AvgIpc) is 2.20. The molecule has 0 fully saturated rings. The molecule has 3 nitrogen and oxygen atoms in total. The number of alkyl halides is 1. The lowest BCUT2D eigenvalue weighted by atomic mass is 10.2. The first-order valence-electron chi connectivity index (χ1n) is 4.52. The van der Waals surface area contributed by atoms with Gasteiger partial charge < -0.3 is 0 Å². The number of halogens is 1. The lowest BCUT2D eigenvalue weighted by molar-refractivity contribution is -0.385. The van der Waals surface area contributed by atoms with Gasteiger partial charge in [-0.05, 0) is 18.6 Å². The molecule has 1 unspecified atom stereocenters. The summed E-state index contributed by atoms with van der Waals surface area (Å²) >= 11 is 7.34. The van der Waals surface area contributed by atoms with Crippen molar-refractivity contribution in [1.82, 2.24) is 0 Å². The molecule has 0 aliphatic rings. The van der Waals surface area contributed by atoms with Gasteiger partial charge in [-0.3, -0.25) is 10.1 Å². The normalized spacial score (nSPS) is 12.5. The predicted octanol–water partition coefficient (Wildman–Crippen LogP) is 3.62. The highest BCUT2D eigenvalue weighted by Crippen LogP contribution is 2.29. The van der Waals surface area contributed by atoms with E-state index >= 15 is 0 Å². The summed E-state index contributed by atoms with van der Waals surface area (Å²) in [4.78, 5) is 11.2. The molecule has 5 heteroatoms. The van der Waals surface area contributed by atoms with Crippen LogP contribution < -0.4 is 0 Å². The standard InChI is InChI=1S/C10H12ClNO2S/c1-7-5-9(12(13)14)3-4-10(7)15-8(2)6-11/h3-5,8H,6H2,1-2H3. The van der Waals surface area contributed by atoms with E-state index in [-0.39, 0.29) is 10.6 Å². The van der Waals surface area contributed by atoms with Crippen LogP contribution in [0.15, 0.2) is 23.1 Å². The number of nitro benzene ring substituents is 1. The van der Waals surface area contributed by atoms with Crippen molar-refractivity contribution in [1.29, 1.82) is 0 Å². The number of nitrogens with zero attached hydrogens (tertiary/aromatic N) is 1. The third kappa shape index (κ3) is 3.39. The summed E-state index contributed by atoms with van der Waals surface area (Å²) in [7, 11) is 0. The molecule has 0 aliphatic heterocycles. The molecule has 0 bridgehead atoms. The quantitative estimate of drug-likeness (QED) is 0.352. The van der Waals surface area contributed by atoms with E-state index < -0.39 is 0 Å². The van der Waals surface area contributed by atoms with E-state index in [0.29, 0.717) is 11.1 Å². The van der Waals surface area contributed by atoms with E-state index in [0.717, 1.165) is 10.5 Å². The van der Waals surface area contributed by atoms with Crippen LogP contribution in [0.4, 0.5) is 5.69 Å².